The van der Waals surface area contributed by atoms with E-state index in [4.69, 9.17) is 4.74 Å². The maximum Gasteiger partial charge on any atom is 0.246 e. The summed E-state index contributed by atoms with van der Waals surface area (Å²) >= 11 is 0. The molecule has 1 aliphatic rings. The van der Waals surface area contributed by atoms with E-state index in [2.05, 4.69) is 5.32 Å². The Kier molecular flexibility index (Phi) is 4.33. The molecule has 1 saturated carbocycles. The van der Waals surface area contributed by atoms with Crippen molar-refractivity contribution in [2.75, 3.05) is 13.2 Å². The summed E-state index contributed by atoms with van der Waals surface area (Å²) in [5.74, 6) is -0.153. The summed E-state index contributed by atoms with van der Waals surface area (Å²) in [5.41, 5.74) is 0.665. The smallest absolute Gasteiger partial charge is 0.246 e. The minimum absolute atomic E-state index is 0.0113. The normalized spacial score (nSPS) is 16.9. The van der Waals surface area contributed by atoms with Crippen LogP contribution >= 0.6 is 0 Å². The van der Waals surface area contributed by atoms with Crippen molar-refractivity contribution >= 4 is 5.91 Å². The van der Waals surface area contributed by atoms with E-state index in [0.29, 0.717) is 6.61 Å². The molecular weight excluding hydrogens is 230 g/mol. The highest BCUT2D eigenvalue weighted by Gasteiger charge is 2.37. The van der Waals surface area contributed by atoms with E-state index in [0.717, 1.165) is 24.8 Å². The first-order chi connectivity index (χ1) is 8.74. The minimum atomic E-state index is -0.382. The number of rotatable bonds is 6. The summed E-state index contributed by atoms with van der Waals surface area (Å²) in [6.45, 7) is 0.481. The molecule has 4 nitrogen and oxygen atoms in total. The van der Waals surface area contributed by atoms with Gasteiger partial charge in [-0.25, -0.2) is 0 Å². The van der Waals surface area contributed by atoms with Crippen LogP contribution in [-0.2, 0) is 16.1 Å². The molecule has 2 rings (SSSR count). The highest BCUT2D eigenvalue weighted by molar-refractivity contribution is 5.78. The van der Waals surface area contributed by atoms with Crippen LogP contribution in [0.3, 0.4) is 0 Å². The third kappa shape index (κ3) is 3.31. The van der Waals surface area contributed by atoms with Gasteiger partial charge in [-0.05, 0) is 24.8 Å². The van der Waals surface area contributed by atoms with E-state index in [1.165, 1.54) is 0 Å². The lowest BCUT2D eigenvalue weighted by Gasteiger charge is -2.40. The molecule has 1 aliphatic carbocycles. The van der Waals surface area contributed by atoms with E-state index in [1.807, 2.05) is 30.3 Å². The van der Waals surface area contributed by atoms with Crippen LogP contribution in [0.1, 0.15) is 24.8 Å². The number of nitrogens with one attached hydrogen (secondary N) is 1. The summed E-state index contributed by atoms with van der Waals surface area (Å²) in [5, 5.41) is 12.1. The SMILES string of the molecule is O=C(COCc1ccccc1)NC1(CO)CCC1. The second-order valence-corrected chi connectivity index (χ2v) is 4.82. The van der Waals surface area contributed by atoms with E-state index >= 15 is 0 Å². The number of aliphatic hydroxyl groups is 1. The molecule has 98 valence electrons. The fourth-order valence-electron chi connectivity index (χ4n) is 2.09. The molecule has 0 radical (unpaired) electrons. The Bertz CT molecular complexity index is 382. The maximum absolute atomic E-state index is 11.7. The van der Waals surface area contributed by atoms with Gasteiger partial charge in [-0.1, -0.05) is 30.3 Å². The molecule has 2 N–H and O–H groups in total. The molecule has 0 heterocycles. The van der Waals surface area contributed by atoms with Gasteiger partial charge in [-0.15, -0.1) is 0 Å². The van der Waals surface area contributed by atoms with Crippen molar-refractivity contribution in [1.82, 2.24) is 5.32 Å². The number of aliphatic hydroxyl groups excluding tert-OH is 1. The molecule has 0 bridgehead atoms. The molecule has 18 heavy (non-hydrogen) atoms. The fraction of sp³-hybridized carbons (Fsp3) is 0.500. The van der Waals surface area contributed by atoms with Crippen molar-refractivity contribution < 1.29 is 14.6 Å². The van der Waals surface area contributed by atoms with Gasteiger partial charge in [0.1, 0.15) is 6.61 Å². The van der Waals surface area contributed by atoms with Crippen molar-refractivity contribution in [2.24, 2.45) is 0 Å². The van der Waals surface area contributed by atoms with Crippen molar-refractivity contribution in [3.63, 3.8) is 0 Å². The average molecular weight is 249 g/mol. The second kappa shape index (κ2) is 5.98. The summed E-state index contributed by atoms with van der Waals surface area (Å²) in [4.78, 5) is 11.7. The highest BCUT2D eigenvalue weighted by Crippen LogP contribution is 2.30. The third-order valence-electron chi connectivity index (χ3n) is 3.36. The molecule has 0 aliphatic heterocycles. The van der Waals surface area contributed by atoms with Crippen LogP contribution in [0.15, 0.2) is 30.3 Å². The average Bonchev–Trinajstić information content (AvgIpc) is 2.35. The molecule has 1 aromatic rings. The quantitative estimate of drug-likeness (QED) is 0.797. The zero-order valence-electron chi connectivity index (χ0n) is 10.4. The number of hydrogen-bond acceptors (Lipinski definition) is 3. The van der Waals surface area contributed by atoms with E-state index in [1.54, 1.807) is 0 Å². The van der Waals surface area contributed by atoms with Gasteiger partial charge in [-0.2, -0.15) is 0 Å². The van der Waals surface area contributed by atoms with Crippen molar-refractivity contribution in [3.05, 3.63) is 35.9 Å². The lowest BCUT2D eigenvalue weighted by Crippen LogP contribution is -2.56. The Morgan fingerprint density at radius 2 is 2.06 bits per heavy atom. The van der Waals surface area contributed by atoms with Gasteiger partial charge in [-0.3, -0.25) is 4.79 Å². The Labute approximate surface area is 107 Å². The summed E-state index contributed by atoms with van der Waals surface area (Å²) < 4.78 is 5.35. The predicted octanol–water partition coefficient (Wildman–Crippen LogP) is 1.23. The van der Waals surface area contributed by atoms with Crippen LogP contribution in [0.25, 0.3) is 0 Å². The topological polar surface area (TPSA) is 58.6 Å². The van der Waals surface area contributed by atoms with Gasteiger partial charge < -0.3 is 15.2 Å². The molecule has 1 amide bonds. The first-order valence-electron chi connectivity index (χ1n) is 6.28. The highest BCUT2D eigenvalue weighted by atomic mass is 16.5. The molecule has 0 saturated heterocycles. The largest absolute Gasteiger partial charge is 0.394 e. The summed E-state index contributed by atoms with van der Waals surface area (Å²) in [6.07, 6.45) is 2.77. The Morgan fingerprint density at radius 1 is 1.33 bits per heavy atom. The van der Waals surface area contributed by atoms with Crippen molar-refractivity contribution in [2.45, 2.75) is 31.4 Å². The first-order valence-corrected chi connectivity index (χ1v) is 6.28. The molecule has 0 atom stereocenters. The fourth-order valence-corrected chi connectivity index (χ4v) is 2.09. The van der Waals surface area contributed by atoms with Crippen LogP contribution in [0, 0.1) is 0 Å². The molecule has 1 fully saturated rings. The van der Waals surface area contributed by atoms with E-state index in [9.17, 15) is 9.90 Å². The van der Waals surface area contributed by atoms with Crippen molar-refractivity contribution in [1.29, 1.82) is 0 Å². The second-order valence-electron chi connectivity index (χ2n) is 4.82. The van der Waals surface area contributed by atoms with Crippen LogP contribution in [-0.4, -0.2) is 29.8 Å². The molecular formula is C14H19NO3. The molecule has 1 aromatic carbocycles. The Balaban J connectivity index is 1.69. The van der Waals surface area contributed by atoms with Crippen LogP contribution in [0.4, 0.5) is 0 Å². The summed E-state index contributed by atoms with van der Waals surface area (Å²) in [7, 11) is 0. The number of ether oxygens (including phenoxy) is 1. The zero-order chi connectivity index (χ0) is 12.8. The Morgan fingerprint density at radius 3 is 2.61 bits per heavy atom. The number of carbonyl (C=O) groups is 1. The Hall–Kier alpha value is -1.39. The number of amides is 1. The van der Waals surface area contributed by atoms with Crippen LogP contribution in [0.5, 0.6) is 0 Å². The van der Waals surface area contributed by atoms with Crippen LogP contribution < -0.4 is 5.32 Å². The predicted molar refractivity (Wildman–Crippen MR) is 67.9 cm³/mol. The van der Waals surface area contributed by atoms with Gasteiger partial charge in [0.05, 0.1) is 18.8 Å². The van der Waals surface area contributed by atoms with Crippen molar-refractivity contribution in [3.8, 4) is 0 Å². The third-order valence-corrected chi connectivity index (χ3v) is 3.36. The molecule has 4 heteroatoms. The van der Waals surface area contributed by atoms with Gasteiger partial charge in [0.15, 0.2) is 0 Å². The molecule has 0 aromatic heterocycles. The number of hydrogen-bond donors (Lipinski definition) is 2. The number of benzene rings is 1. The maximum atomic E-state index is 11.7. The first kappa shape index (κ1) is 13.1. The number of carbonyl (C=O) groups excluding carboxylic acids is 1. The lowest BCUT2D eigenvalue weighted by atomic mass is 9.77. The van der Waals surface area contributed by atoms with Crippen LogP contribution in [0.2, 0.25) is 0 Å². The van der Waals surface area contributed by atoms with Gasteiger partial charge >= 0.3 is 0 Å². The molecule has 0 spiro atoms. The molecule has 0 unspecified atom stereocenters. The van der Waals surface area contributed by atoms with Gasteiger partial charge in [0.25, 0.3) is 0 Å². The monoisotopic (exact) mass is 249 g/mol. The summed E-state index contributed by atoms with van der Waals surface area (Å²) in [6, 6.07) is 9.73. The van der Waals surface area contributed by atoms with E-state index in [-0.39, 0.29) is 24.7 Å². The standard InChI is InChI=1S/C14H19NO3/c16-11-14(7-4-8-14)15-13(17)10-18-9-12-5-2-1-3-6-12/h1-3,5-6,16H,4,7-11H2,(H,15,17). The minimum Gasteiger partial charge on any atom is -0.394 e. The van der Waals surface area contributed by atoms with Gasteiger partial charge in [0, 0.05) is 0 Å². The van der Waals surface area contributed by atoms with Gasteiger partial charge in [0.2, 0.25) is 5.91 Å². The zero-order valence-corrected chi connectivity index (χ0v) is 10.4. The lowest BCUT2D eigenvalue weighted by molar-refractivity contribution is -0.130. The van der Waals surface area contributed by atoms with E-state index < -0.39 is 0 Å².